The van der Waals surface area contributed by atoms with E-state index in [-0.39, 0.29) is 10.8 Å². The minimum Gasteiger partial charge on any atom is -0.497 e. The van der Waals surface area contributed by atoms with Gasteiger partial charge in [-0.3, -0.25) is 4.79 Å². The number of nitrogens with zero attached hydrogens (tertiary/aromatic N) is 1. The van der Waals surface area contributed by atoms with Gasteiger partial charge in [-0.15, -0.1) is 0 Å². The van der Waals surface area contributed by atoms with Crippen LogP contribution in [0.5, 0.6) is 5.75 Å². The summed E-state index contributed by atoms with van der Waals surface area (Å²) in [5.74, 6) is 0.454. The molecule has 1 aliphatic rings. The van der Waals surface area contributed by atoms with Gasteiger partial charge in [-0.25, -0.2) is 8.42 Å². The van der Waals surface area contributed by atoms with Gasteiger partial charge in [-0.1, -0.05) is 6.07 Å². The molecule has 2 aromatic carbocycles. The summed E-state index contributed by atoms with van der Waals surface area (Å²) in [5.41, 5.74) is 2.64. The third-order valence-electron chi connectivity index (χ3n) is 4.68. The Morgan fingerprint density at radius 3 is 2.38 bits per heavy atom. The van der Waals surface area contributed by atoms with Crippen molar-refractivity contribution in [2.24, 2.45) is 0 Å². The van der Waals surface area contributed by atoms with Crippen molar-refractivity contribution < 1.29 is 17.9 Å². The molecular formula is C19H22N2O4S. The normalized spacial score (nSPS) is 17.6. The molecule has 1 atom stereocenters. The van der Waals surface area contributed by atoms with Crippen LogP contribution in [0.2, 0.25) is 0 Å². The highest BCUT2D eigenvalue weighted by atomic mass is 32.2. The van der Waals surface area contributed by atoms with Crippen molar-refractivity contribution in [3.05, 3.63) is 53.6 Å². The van der Waals surface area contributed by atoms with E-state index >= 15 is 0 Å². The van der Waals surface area contributed by atoms with E-state index in [2.05, 4.69) is 4.72 Å². The summed E-state index contributed by atoms with van der Waals surface area (Å²) in [7, 11) is -2.17. The van der Waals surface area contributed by atoms with Crippen molar-refractivity contribution in [2.75, 3.05) is 18.6 Å². The molecular weight excluding hydrogens is 352 g/mol. The first-order chi connectivity index (χ1) is 12.3. The minimum absolute atomic E-state index is 0.177. The van der Waals surface area contributed by atoms with Gasteiger partial charge in [0.2, 0.25) is 15.9 Å². The van der Waals surface area contributed by atoms with Crippen molar-refractivity contribution in [1.29, 1.82) is 0 Å². The van der Waals surface area contributed by atoms with Gasteiger partial charge in [-0.2, -0.15) is 4.72 Å². The number of methoxy groups -OCH3 is 1. The van der Waals surface area contributed by atoms with E-state index in [1.165, 1.54) is 0 Å². The van der Waals surface area contributed by atoms with Gasteiger partial charge in [0.1, 0.15) is 11.8 Å². The van der Waals surface area contributed by atoms with Gasteiger partial charge in [-0.05, 0) is 67.8 Å². The maximum Gasteiger partial charge on any atom is 0.245 e. The van der Waals surface area contributed by atoms with Crippen LogP contribution in [-0.2, 0) is 14.8 Å². The Morgan fingerprint density at radius 2 is 1.77 bits per heavy atom. The molecule has 1 unspecified atom stereocenters. The summed E-state index contributed by atoms with van der Waals surface area (Å²) in [6.45, 7) is 4.25. The Hall–Kier alpha value is -2.38. The number of carbonyl (C=O) groups is 1. The zero-order valence-corrected chi connectivity index (χ0v) is 15.8. The Kier molecular flexibility index (Phi) is 5.02. The van der Waals surface area contributed by atoms with E-state index in [4.69, 9.17) is 4.74 Å². The third kappa shape index (κ3) is 3.59. The standard InChI is InChI=1S/C19H22N2O4S/c1-13-4-9-17(12-14(13)2)26(23,24)20-18-10-11-21(19(18)22)15-5-7-16(25-3)8-6-15/h4-9,12,18,20H,10-11H2,1-3H3. The van der Waals surface area contributed by atoms with E-state index in [1.54, 1.807) is 54.5 Å². The Labute approximate surface area is 153 Å². The molecule has 0 bridgehead atoms. The number of amides is 1. The van der Waals surface area contributed by atoms with E-state index in [0.717, 1.165) is 16.8 Å². The van der Waals surface area contributed by atoms with Crippen molar-refractivity contribution in [2.45, 2.75) is 31.2 Å². The van der Waals surface area contributed by atoms with Crippen LogP contribution in [0.25, 0.3) is 0 Å². The smallest absolute Gasteiger partial charge is 0.245 e. The molecule has 1 fully saturated rings. The van der Waals surface area contributed by atoms with E-state index in [1.807, 2.05) is 13.8 Å². The van der Waals surface area contributed by atoms with Gasteiger partial charge in [0, 0.05) is 12.2 Å². The largest absolute Gasteiger partial charge is 0.497 e. The second kappa shape index (κ2) is 7.09. The molecule has 3 rings (SSSR count). The fourth-order valence-corrected chi connectivity index (χ4v) is 4.25. The monoisotopic (exact) mass is 374 g/mol. The predicted molar refractivity (Wildman–Crippen MR) is 100.0 cm³/mol. The first-order valence-corrected chi connectivity index (χ1v) is 9.85. The molecule has 7 heteroatoms. The molecule has 0 spiro atoms. The molecule has 0 radical (unpaired) electrons. The molecule has 2 aromatic rings. The maximum atomic E-state index is 12.7. The zero-order chi connectivity index (χ0) is 18.9. The molecule has 0 aliphatic carbocycles. The maximum absolute atomic E-state index is 12.7. The van der Waals surface area contributed by atoms with Crippen molar-refractivity contribution in [3.8, 4) is 5.75 Å². The van der Waals surface area contributed by atoms with Gasteiger partial charge in [0.25, 0.3) is 0 Å². The highest BCUT2D eigenvalue weighted by Crippen LogP contribution is 2.25. The van der Waals surface area contributed by atoms with Gasteiger partial charge < -0.3 is 9.64 Å². The molecule has 1 amide bonds. The van der Waals surface area contributed by atoms with E-state index < -0.39 is 16.1 Å². The number of rotatable bonds is 5. The quantitative estimate of drug-likeness (QED) is 0.872. The van der Waals surface area contributed by atoms with Crippen LogP contribution in [-0.4, -0.2) is 34.0 Å². The third-order valence-corrected chi connectivity index (χ3v) is 6.15. The topological polar surface area (TPSA) is 75.7 Å². The summed E-state index contributed by atoms with van der Waals surface area (Å²) in [4.78, 5) is 14.4. The van der Waals surface area contributed by atoms with E-state index in [9.17, 15) is 13.2 Å². The predicted octanol–water partition coefficient (Wildman–Crippen LogP) is 2.40. The van der Waals surface area contributed by atoms with Gasteiger partial charge >= 0.3 is 0 Å². The van der Waals surface area contributed by atoms with Crippen molar-refractivity contribution in [1.82, 2.24) is 4.72 Å². The average Bonchev–Trinajstić information content (AvgIpc) is 2.97. The first kappa shape index (κ1) is 18.4. The fourth-order valence-electron chi connectivity index (χ4n) is 2.94. The lowest BCUT2D eigenvalue weighted by atomic mass is 10.1. The zero-order valence-electron chi connectivity index (χ0n) is 15.0. The molecule has 1 saturated heterocycles. The van der Waals surface area contributed by atoms with Gasteiger partial charge in [0.05, 0.1) is 12.0 Å². The average molecular weight is 374 g/mol. The Bertz CT molecular complexity index is 923. The summed E-state index contributed by atoms with van der Waals surface area (Å²) < 4.78 is 32.9. The lowest BCUT2D eigenvalue weighted by Crippen LogP contribution is -2.41. The molecule has 6 nitrogen and oxygen atoms in total. The van der Waals surface area contributed by atoms with Crippen molar-refractivity contribution in [3.63, 3.8) is 0 Å². The molecule has 1 aliphatic heterocycles. The number of aryl methyl sites for hydroxylation is 2. The molecule has 0 aromatic heterocycles. The molecule has 1 heterocycles. The molecule has 1 N–H and O–H groups in total. The molecule has 26 heavy (non-hydrogen) atoms. The van der Waals surface area contributed by atoms with Crippen LogP contribution in [0.1, 0.15) is 17.5 Å². The number of nitrogens with one attached hydrogen (secondary N) is 1. The number of hydrogen-bond acceptors (Lipinski definition) is 4. The molecule has 138 valence electrons. The second-order valence-electron chi connectivity index (χ2n) is 6.40. The van der Waals surface area contributed by atoms with Crippen LogP contribution in [0.4, 0.5) is 5.69 Å². The first-order valence-electron chi connectivity index (χ1n) is 8.37. The van der Waals surface area contributed by atoms with Crippen LogP contribution in [0.15, 0.2) is 47.4 Å². The number of anilines is 1. The number of benzene rings is 2. The van der Waals surface area contributed by atoms with Crippen LogP contribution in [0, 0.1) is 13.8 Å². The number of carbonyl (C=O) groups excluding carboxylic acids is 1. The molecule has 0 saturated carbocycles. The number of sulfonamides is 1. The number of ether oxygens (including phenoxy) is 1. The van der Waals surface area contributed by atoms with Gasteiger partial charge in [0.15, 0.2) is 0 Å². The summed E-state index contributed by atoms with van der Waals surface area (Å²) in [5, 5.41) is 0. The second-order valence-corrected chi connectivity index (χ2v) is 8.11. The highest BCUT2D eigenvalue weighted by Gasteiger charge is 2.35. The fraction of sp³-hybridized carbons (Fsp3) is 0.316. The lowest BCUT2D eigenvalue weighted by Gasteiger charge is -2.18. The van der Waals surface area contributed by atoms with Crippen LogP contribution < -0.4 is 14.4 Å². The van der Waals surface area contributed by atoms with Crippen LogP contribution in [0.3, 0.4) is 0 Å². The summed E-state index contributed by atoms with van der Waals surface area (Å²) in [6.07, 6.45) is 0.426. The van der Waals surface area contributed by atoms with Crippen LogP contribution >= 0.6 is 0 Å². The summed E-state index contributed by atoms with van der Waals surface area (Å²) in [6, 6.07) is 11.3. The number of hydrogen-bond donors (Lipinski definition) is 1. The Morgan fingerprint density at radius 1 is 1.08 bits per heavy atom. The SMILES string of the molecule is COc1ccc(N2CCC(NS(=O)(=O)c3ccc(C)c(C)c3)C2=O)cc1. The minimum atomic E-state index is -3.75. The highest BCUT2D eigenvalue weighted by molar-refractivity contribution is 7.89. The summed E-state index contributed by atoms with van der Waals surface area (Å²) >= 11 is 0. The van der Waals surface area contributed by atoms with Crippen molar-refractivity contribution >= 4 is 21.6 Å². The lowest BCUT2D eigenvalue weighted by molar-refractivity contribution is -0.118. The van der Waals surface area contributed by atoms with E-state index in [0.29, 0.717) is 18.7 Å². The Balaban J connectivity index is 1.76.